The van der Waals surface area contributed by atoms with Crippen molar-refractivity contribution in [1.29, 1.82) is 0 Å². The van der Waals surface area contributed by atoms with Gasteiger partial charge in [0.2, 0.25) is 23.5 Å². The standard InChI is InChI=1S/C26H32N4O6/c1-5-36-12-8-11-29-20-10-7-6-9-19(20)27-26(29)28-25(32)17-13-23(31)30(16-17)18-14-21(33-2)24(35-4)22(15-18)34-3/h6-7,9-10,14-15,17H,5,8,11-13,16H2,1-4H3,(H,27,28,32). The van der Waals surface area contributed by atoms with Gasteiger partial charge in [-0.3, -0.25) is 14.9 Å². The monoisotopic (exact) mass is 496 g/mol. The van der Waals surface area contributed by atoms with E-state index < -0.39 is 5.92 Å². The van der Waals surface area contributed by atoms with Crippen molar-refractivity contribution in [2.24, 2.45) is 5.92 Å². The number of ether oxygens (including phenoxy) is 4. The van der Waals surface area contributed by atoms with Gasteiger partial charge in [-0.2, -0.15) is 0 Å². The zero-order chi connectivity index (χ0) is 25.7. The van der Waals surface area contributed by atoms with Gasteiger partial charge in [0.05, 0.1) is 44.0 Å². The predicted octanol–water partition coefficient (Wildman–Crippen LogP) is 3.48. The number of amides is 2. The fourth-order valence-electron chi connectivity index (χ4n) is 4.43. The highest BCUT2D eigenvalue weighted by Gasteiger charge is 2.36. The van der Waals surface area contributed by atoms with Crippen LogP contribution in [0.25, 0.3) is 11.0 Å². The van der Waals surface area contributed by atoms with Crippen molar-refractivity contribution in [2.45, 2.75) is 26.3 Å². The number of anilines is 2. The number of carbonyl (C=O) groups is 2. The molecule has 1 aliphatic rings. The van der Waals surface area contributed by atoms with E-state index in [1.807, 2.05) is 35.8 Å². The Morgan fingerprint density at radius 3 is 2.50 bits per heavy atom. The molecule has 0 radical (unpaired) electrons. The molecule has 10 heteroatoms. The van der Waals surface area contributed by atoms with E-state index in [-0.39, 0.29) is 24.8 Å². The highest BCUT2D eigenvalue weighted by molar-refractivity contribution is 6.03. The van der Waals surface area contributed by atoms with Crippen molar-refractivity contribution >= 4 is 34.5 Å². The Morgan fingerprint density at radius 1 is 1.11 bits per heavy atom. The molecule has 1 fully saturated rings. The minimum Gasteiger partial charge on any atom is -0.493 e. The summed E-state index contributed by atoms with van der Waals surface area (Å²) in [6.45, 7) is 4.12. The quantitative estimate of drug-likeness (QED) is 0.405. The van der Waals surface area contributed by atoms with Crippen molar-refractivity contribution in [2.75, 3.05) is 51.3 Å². The van der Waals surface area contributed by atoms with Crippen molar-refractivity contribution in [1.82, 2.24) is 9.55 Å². The Balaban J connectivity index is 1.53. The molecule has 1 aromatic heterocycles. The van der Waals surface area contributed by atoms with Crippen LogP contribution < -0.4 is 24.4 Å². The number of nitrogens with zero attached hydrogens (tertiary/aromatic N) is 3. The summed E-state index contributed by atoms with van der Waals surface area (Å²) in [5.74, 6) is 0.841. The first-order valence-electron chi connectivity index (χ1n) is 11.9. The number of nitrogens with one attached hydrogen (secondary N) is 1. The van der Waals surface area contributed by atoms with Crippen LogP contribution in [-0.2, 0) is 20.9 Å². The summed E-state index contributed by atoms with van der Waals surface area (Å²) in [6, 6.07) is 11.2. The van der Waals surface area contributed by atoms with E-state index in [9.17, 15) is 9.59 Å². The molecule has 10 nitrogen and oxygen atoms in total. The van der Waals surface area contributed by atoms with Crippen molar-refractivity contribution in [3.05, 3.63) is 36.4 Å². The van der Waals surface area contributed by atoms with Crippen LogP contribution in [0.1, 0.15) is 19.8 Å². The third-order valence-corrected chi connectivity index (χ3v) is 6.22. The van der Waals surface area contributed by atoms with Gasteiger partial charge in [-0.05, 0) is 25.5 Å². The van der Waals surface area contributed by atoms with Crippen LogP contribution in [0.4, 0.5) is 11.6 Å². The molecule has 3 aromatic rings. The molecule has 0 spiro atoms. The molecule has 2 amide bonds. The van der Waals surface area contributed by atoms with Gasteiger partial charge in [-0.15, -0.1) is 0 Å². The minimum absolute atomic E-state index is 0.0903. The van der Waals surface area contributed by atoms with E-state index in [1.54, 1.807) is 17.0 Å². The molecular weight excluding hydrogens is 464 g/mol. The molecule has 1 unspecified atom stereocenters. The number of carbonyl (C=O) groups excluding carboxylic acids is 2. The molecule has 2 heterocycles. The number of methoxy groups -OCH3 is 3. The van der Waals surface area contributed by atoms with Gasteiger partial charge in [0.25, 0.3) is 0 Å². The summed E-state index contributed by atoms with van der Waals surface area (Å²) in [4.78, 5) is 32.4. The number of para-hydroxylation sites is 2. The van der Waals surface area contributed by atoms with E-state index in [0.717, 1.165) is 17.5 Å². The van der Waals surface area contributed by atoms with Gasteiger partial charge in [-0.1, -0.05) is 12.1 Å². The summed E-state index contributed by atoms with van der Waals surface area (Å²) >= 11 is 0. The van der Waals surface area contributed by atoms with E-state index in [2.05, 4.69) is 10.3 Å². The van der Waals surface area contributed by atoms with Gasteiger partial charge in [-0.25, -0.2) is 4.98 Å². The Hall–Kier alpha value is -3.79. The third kappa shape index (κ3) is 5.08. The van der Waals surface area contributed by atoms with Gasteiger partial charge >= 0.3 is 0 Å². The van der Waals surface area contributed by atoms with Gasteiger partial charge < -0.3 is 28.4 Å². The molecule has 1 N–H and O–H groups in total. The lowest BCUT2D eigenvalue weighted by atomic mass is 10.1. The predicted molar refractivity (Wildman–Crippen MR) is 136 cm³/mol. The zero-order valence-electron chi connectivity index (χ0n) is 21.1. The lowest BCUT2D eigenvalue weighted by Crippen LogP contribution is -2.29. The number of aromatic nitrogens is 2. The van der Waals surface area contributed by atoms with Crippen LogP contribution in [0.3, 0.4) is 0 Å². The topological polar surface area (TPSA) is 104 Å². The molecule has 1 saturated heterocycles. The number of rotatable bonds is 11. The van der Waals surface area contributed by atoms with Crippen LogP contribution in [0.15, 0.2) is 36.4 Å². The maximum absolute atomic E-state index is 13.3. The fraction of sp³-hybridized carbons (Fsp3) is 0.423. The first-order chi connectivity index (χ1) is 17.5. The first kappa shape index (κ1) is 25.3. The smallest absolute Gasteiger partial charge is 0.232 e. The number of fused-ring (bicyclic) bond motifs is 1. The largest absolute Gasteiger partial charge is 0.493 e. The second kappa shape index (κ2) is 11.3. The van der Waals surface area contributed by atoms with Crippen LogP contribution in [0, 0.1) is 5.92 Å². The molecule has 1 aliphatic heterocycles. The highest BCUT2D eigenvalue weighted by atomic mass is 16.5. The number of imidazole rings is 1. The molecule has 36 heavy (non-hydrogen) atoms. The van der Waals surface area contributed by atoms with Crippen molar-refractivity contribution < 1.29 is 28.5 Å². The van der Waals surface area contributed by atoms with Crippen LogP contribution in [0.5, 0.6) is 17.2 Å². The van der Waals surface area contributed by atoms with Crippen LogP contribution in [-0.4, -0.2) is 62.5 Å². The van der Waals surface area contributed by atoms with E-state index in [0.29, 0.717) is 48.6 Å². The molecule has 4 rings (SSSR count). The summed E-state index contributed by atoms with van der Waals surface area (Å²) in [7, 11) is 4.55. The maximum Gasteiger partial charge on any atom is 0.232 e. The van der Waals surface area contributed by atoms with Crippen LogP contribution >= 0.6 is 0 Å². The highest BCUT2D eigenvalue weighted by Crippen LogP contribution is 2.42. The summed E-state index contributed by atoms with van der Waals surface area (Å²) in [5, 5.41) is 2.96. The van der Waals surface area contributed by atoms with Crippen LogP contribution in [0.2, 0.25) is 0 Å². The van der Waals surface area contributed by atoms with Crippen molar-refractivity contribution in [3.63, 3.8) is 0 Å². The number of aryl methyl sites for hydroxylation is 1. The normalized spacial score (nSPS) is 15.4. The Bertz CT molecular complexity index is 1220. The number of hydrogen-bond donors (Lipinski definition) is 1. The van der Waals surface area contributed by atoms with Gasteiger partial charge in [0, 0.05) is 44.9 Å². The minimum atomic E-state index is -0.534. The lowest BCUT2D eigenvalue weighted by molar-refractivity contribution is -0.122. The average Bonchev–Trinajstić information content (AvgIpc) is 3.45. The molecule has 0 saturated carbocycles. The Morgan fingerprint density at radius 2 is 1.83 bits per heavy atom. The molecule has 1 atom stereocenters. The second-order valence-corrected chi connectivity index (χ2v) is 8.40. The van der Waals surface area contributed by atoms with Gasteiger partial charge in [0.15, 0.2) is 11.5 Å². The van der Waals surface area contributed by atoms with Gasteiger partial charge in [0.1, 0.15) is 0 Å². The number of hydrogen-bond acceptors (Lipinski definition) is 7. The van der Waals surface area contributed by atoms with Crippen molar-refractivity contribution in [3.8, 4) is 17.2 Å². The lowest BCUT2D eigenvalue weighted by Gasteiger charge is -2.20. The van der Waals surface area contributed by atoms with E-state index in [4.69, 9.17) is 18.9 Å². The summed E-state index contributed by atoms with van der Waals surface area (Å²) in [5.41, 5.74) is 2.31. The Labute approximate surface area is 210 Å². The zero-order valence-corrected chi connectivity index (χ0v) is 21.1. The first-order valence-corrected chi connectivity index (χ1v) is 11.9. The fourth-order valence-corrected chi connectivity index (χ4v) is 4.43. The third-order valence-electron chi connectivity index (χ3n) is 6.22. The maximum atomic E-state index is 13.3. The summed E-state index contributed by atoms with van der Waals surface area (Å²) in [6.07, 6.45) is 0.876. The molecule has 2 aromatic carbocycles. The molecule has 0 bridgehead atoms. The second-order valence-electron chi connectivity index (χ2n) is 8.40. The van der Waals surface area contributed by atoms with E-state index >= 15 is 0 Å². The molecule has 0 aliphatic carbocycles. The average molecular weight is 497 g/mol. The van der Waals surface area contributed by atoms with E-state index in [1.165, 1.54) is 21.3 Å². The SMILES string of the molecule is CCOCCCn1c(NC(=O)C2CC(=O)N(c3cc(OC)c(OC)c(OC)c3)C2)nc2ccccc21. The number of benzene rings is 2. The molecular formula is C26H32N4O6. The summed E-state index contributed by atoms with van der Waals surface area (Å²) < 4.78 is 23.7. The Kier molecular flexibility index (Phi) is 7.94. The molecule has 192 valence electrons.